The normalized spacial score (nSPS) is 12.7. The Hall–Kier alpha value is -3.15. The lowest BCUT2D eigenvalue weighted by Crippen LogP contribution is -2.30. The fourth-order valence-electron chi connectivity index (χ4n) is 6.31. The van der Waals surface area contributed by atoms with Gasteiger partial charge in [0, 0.05) is 19.3 Å². The maximum absolute atomic E-state index is 12.7. The van der Waals surface area contributed by atoms with E-state index in [-0.39, 0.29) is 31.1 Å². The molecule has 0 spiro atoms. The number of rotatable bonds is 42. The highest BCUT2D eigenvalue weighted by atomic mass is 16.6. The van der Waals surface area contributed by atoms with Gasteiger partial charge in [0.1, 0.15) is 13.2 Å². The zero-order chi connectivity index (χ0) is 42.3. The van der Waals surface area contributed by atoms with E-state index in [1.807, 2.05) is 0 Å². The molecule has 1 unspecified atom stereocenters. The maximum atomic E-state index is 12.7. The molecule has 0 aromatic rings. The van der Waals surface area contributed by atoms with Gasteiger partial charge in [0.05, 0.1) is 0 Å². The summed E-state index contributed by atoms with van der Waals surface area (Å²) in [7, 11) is 0. The van der Waals surface area contributed by atoms with Crippen molar-refractivity contribution < 1.29 is 28.6 Å². The smallest absolute Gasteiger partial charge is 0.306 e. The van der Waals surface area contributed by atoms with Crippen molar-refractivity contribution in [3.8, 4) is 0 Å². The Balaban J connectivity index is 4.37. The Bertz CT molecular complexity index is 1110. The number of esters is 3. The molecule has 1 atom stereocenters. The molecule has 6 nitrogen and oxygen atoms in total. The molecule has 332 valence electrons. The summed E-state index contributed by atoms with van der Waals surface area (Å²) in [6.45, 7) is 6.41. The molecular formula is C52H88O6. The SMILES string of the molecule is CC/C=C\C/C=C\C/C=C\C/C=C\CCCCCCCCC(=O)OCC(COC(=O)CCC/C=C\CCCCCC)OC(=O)CCCCCCC/C=C\CCCCC. The number of unbranched alkanes of at least 4 members (excludes halogenated alkanes) is 19. The van der Waals surface area contributed by atoms with Crippen molar-refractivity contribution in [3.63, 3.8) is 0 Å². The number of hydrogen-bond donors (Lipinski definition) is 0. The Morgan fingerprint density at radius 2 is 0.690 bits per heavy atom. The molecule has 0 fully saturated rings. The van der Waals surface area contributed by atoms with E-state index in [2.05, 4.69) is 93.7 Å². The lowest BCUT2D eigenvalue weighted by molar-refractivity contribution is -0.167. The van der Waals surface area contributed by atoms with Gasteiger partial charge in [0.15, 0.2) is 6.10 Å². The summed E-state index contributed by atoms with van der Waals surface area (Å²) in [5.41, 5.74) is 0. The first kappa shape index (κ1) is 54.9. The van der Waals surface area contributed by atoms with Crippen LogP contribution in [0.5, 0.6) is 0 Å². The quantitative estimate of drug-likeness (QED) is 0.0264. The van der Waals surface area contributed by atoms with Gasteiger partial charge in [-0.1, -0.05) is 171 Å². The average molecular weight is 809 g/mol. The fraction of sp³-hybridized carbons (Fsp3) is 0.712. The monoisotopic (exact) mass is 809 g/mol. The van der Waals surface area contributed by atoms with E-state index in [0.717, 1.165) is 103 Å². The van der Waals surface area contributed by atoms with Crippen LogP contribution in [-0.2, 0) is 28.6 Å². The Kier molecular flexibility index (Phi) is 44.0. The first-order valence-corrected chi connectivity index (χ1v) is 23.9. The van der Waals surface area contributed by atoms with E-state index in [1.165, 1.54) is 70.6 Å². The summed E-state index contributed by atoms with van der Waals surface area (Å²) in [6, 6.07) is 0. The van der Waals surface area contributed by atoms with E-state index >= 15 is 0 Å². The molecule has 0 saturated carbocycles. The second-order valence-electron chi connectivity index (χ2n) is 15.6. The Labute approximate surface area is 357 Å². The van der Waals surface area contributed by atoms with Crippen LogP contribution in [0.4, 0.5) is 0 Å². The van der Waals surface area contributed by atoms with E-state index in [1.54, 1.807) is 0 Å². The second kappa shape index (κ2) is 46.5. The molecule has 58 heavy (non-hydrogen) atoms. The van der Waals surface area contributed by atoms with Crippen molar-refractivity contribution in [1.29, 1.82) is 0 Å². The molecule has 0 aromatic carbocycles. The number of ether oxygens (including phenoxy) is 3. The molecule has 0 radical (unpaired) electrons. The lowest BCUT2D eigenvalue weighted by Gasteiger charge is -2.18. The summed E-state index contributed by atoms with van der Waals surface area (Å²) in [4.78, 5) is 37.7. The summed E-state index contributed by atoms with van der Waals surface area (Å²) < 4.78 is 16.7. The number of allylic oxidation sites excluding steroid dienone is 12. The van der Waals surface area contributed by atoms with Gasteiger partial charge in [-0.3, -0.25) is 14.4 Å². The molecule has 0 heterocycles. The van der Waals surface area contributed by atoms with Crippen LogP contribution in [0.2, 0.25) is 0 Å². The molecule has 6 heteroatoms. The Morgan fingerprint density at radius 1 is 0.362 bits per heavy atom. The largest absolute Gasteiger partial charge is 0.462 e. The van der Waals surface area contributed by atoms with Crippen molar-refractivity contribution in [2.75, 3.05) is 13.2 Å². The van der Waals surface area contributed by atoms with Crippen LogP contribution in [0.15, 0.2) is 72.9 Å². The van der Waals surface area contributed by atoms with Gasteiger partial charge in [-0.05, 0) is 103 Å². The van der Waals surface area contributed by atoms with Gasteiger partial charge in [0.25, 0.3) is 0 Å². The zero-order valence-electron chi connectivity index (χ0n) is 37.8. The van der Waals surface area contributed by atoms with Crippen LogP contribution in [-0.4, -0.2) is 37.2 Å². The van der Waals surface area contributed by atoms with Crippen LogP contribution in [0.3, 0.4) is 0 Å². The Morgan fingerprint density at radius 3 is 1.17 bits per heavy atom. The van der Waals surface area contributed by atoms with Crippen molar-refractivity contribution in [2.24, 2.45) is 0 Å². The van der Waals surface area contributed by atoms with Crippen LogP contribution in [0, 0.1) is 0 Å². The second-order valence-corrected chi connectivity index (χ2v) is 15.6. The highest BCUT2D eigenvalue weighted by Crippen LogP contribution is 2.13. The summed E-state index contributed by atoms with van der Waals surface area (Å²) in [5.74, 6) is -0.958. The number of carbonyl (C=O) groups is 3. The molecule has 0 amide bonds. The van der Waals surface area contributed by atoms with Crippen molar-refractivity contribution in [2.45, 2.75) is 226 Å². The van der Waals surface area contributed by atoms with Crippen LogP contribution in [0.25, 0.3) is 0 Å². The van der Waals surface area contributed by atoms with Crippen LogP contribution >= 0.6 is 0 Å². The van der Waals surface area contributed by atoms with E-state index in [9.17, 15) is 14.4 Å². The van der Waals surface area contributed by atoms with Gasteiger partial charge < -0.3 is 14.2 Å². The number of hydrogen-bond acceptors (Lipinski definition) is 6. The van der Waals surface area contributed by atoms with Gasteiger partial charge in [-0.2, -0.15) is 0 Å². The minimum Gasteiger partial charge on any atom is -0.462 e. The third-order valence-corrected chi connectivity index (χ3v) is 9.91. The summed E-state index contributed by atoms with van der Waals surface area (Å²) in [6.07, 6.45) is 57.5. The molecule has 0 aliphatic carbocycles. The minimum absolute atomic E-state index is 0.0954. The van der Waals surface area contributed by atoms with Crippen molar-refractivity contribution >= 4 is 17.9 Å². The predicted octanol–water partition coefficient (Wildman–Crippen LogP) is 15.5. The minimum atomic E-state index is -0.794. The molecule has 0 aliphatic rings. The highest BCUT2D eigenvalue weighted by Gasteiger charge is 2.19. The molecule has 0 rings (SSSR count). The van der Waals surface area contributed by atoms with E-state index in [0.29, 0.717) is 25.7 Å². The third-order valence-electron chi connectivity index (χ3n) is 9.91. The van der Waals surface area contributed by atoms with Crippen molar-refractivity contribution in [3.05, 3.63) is 72.9 Å². The summed E-state index contributed by atoms with van der Waals surface area (Å²) in [5, 5.41) is 0. The zero-order valence-corrected chi connectivity index (χ0v) is 37.8. The molecule has 0 saturated heterocycles. The fourth-order valence-corrected chi connectivity index (χ4v) is 6.31. The molecule has 0 aromatic heterocycles. The lowest BCUT2D eigenvalue weighted by atomic mass is 10.1. The first-order chi connectivity index (χ1) is 28.5. The van der Waals surface area contributed by atoms with Gasteiger partial charge in [0.2, 0.25) is 0 Å². The van der Waals surface area contributed by atoms with Gasteiger partial charge in [-0.15, -0.1) is 0 Å². The molecule has 0 N–H and O–H groups in total. The first-order valence-electron chi connectivity index (χ1n) is 23.9. The highest BCUT2D eigenvalue weighted by molar-refractivity contribution is 5.71. The predicted molar refractivity (Wildman–Crippen MR) is 247 cm³/mol. The molecular weight excluding hydrogens is 721 g/mol. The van der Waals surface area contributed by atoms with Crippen molar-refractivity contribution in [1.82, 2.24) is 0 Å². The summed E-state index contributed by atoms with van der Waals surface area (Å²) >= 11 is 0. The average Bonchev–Trinajstić information content (AvgIpc) is 3.22. The van der Waals surface area contributed by atoms with E-state index in [4.69, 9.17) is 14.2 Å². The molecule has 0 aliphatic heterocycles. The van der Waals surface area contributed by atoms with E-state index < -0.39 is 6.10 Å². The maximum Gasteiger partial charge on any atom is 0.306 e. The number of carbonyl (C=O) groups excluding carboxylic acids is 3. The van der Waals surface area contributed by atoms with Gasteiger partial charge >= 0.3 is 17.9 Å². The third kappa shape index (κ3) is 44.0. The standard InChI is InChI=1S/C52H88O6/c1-4-7-10-13-16-19-21-23-24-25-26-27-28-29-31-33-36-39-42-45-51(54)57-48-49(47-56-50(53)44-41-38-35-32-18-15-12-9-6-3)58-52(55)46-43-40-37-34-30-22-20-17-14-11-8-5-2/h7,10,16-17,19-20,23-24,26-27,32,35,49H,4-6,8-9,11-15,18,21-22,25,28-31,33-34,36-48H2,1-3H3/b10-7-,19-16-,20-17-,24-23-,27-26-,35-32-. The topological polar surface area (TPSA) is 78.9 Å². The molecule has 0 bridgehead atoms. The van der Waals surface area contributed by atoms with Crippen LogP contribution < -0.4 is 0 Å². The van der Waals surface area contributed by atoms with Crippen LogP contribution in [0.1, 0.15) is 220 Å². The van der Waals surface area contributed by atoms with Gasteiger partial charge in [-0.25, -0.2) is 0 Å².